The molecule has 0 amide bonds. The molecule has 32 heavy (non-hydrogen) atoms. The SMILES string of the molecule is CCCCCCOc1ccc(C=NNc2nc(-c3ccccc3)c(C#N)c(=O)[nH]2)cc1Cl. The van der Waals surface area contributed by atoms with Gasteiger partial charge in [0.05, 0.1) is 23.5 Å². The largest absolute Gasteiger partial charge is 0.492 e. The number of aromatic amines is 1. The van der Waals surface area contributed by atoms with Gasteiger partial charge in [0.25, 0.3) is 5.56 Å². The molecule has 1 heterocycles. The number of nitriles is 1. The van der Waals surface area contributed by atoms with Gasteiger partial charge in [-0.1, -0.05) is 68.1 Å². The van der Waals surface area contributed by atoms with E-state index in [1.807, 2.05) is 30.3 Å². The molecule has 3 aromatic rings. The number of H-pyrrole nitrogens is 1. The molecule has 3 rings (SSSR count). The van der Waals surface area contributed by atoms with E-state index >= 15 is 0 Å². The lowest BCUT2D eigenvalue weighted by Gasteiger charge is -2.08. The van der Waals surface area contributed by atoms with E-state index < -0.39 is 5.56 Å². The van der Waals surface area contributed by atoms with Crippen LogP contribution in [0.25, 0.3) is 11.3 Å². The van der Waals surface area contributed by atoms with Crippen molar-refractivity contribution in [2.45, 2.75) is 32.6 Å². The van der Waals surface area contributed by atoms with Crippen LogP contribution in [-0.2, 0) is 0 Å². The van der Waals surface area contributed by atoms with Gasteiger partial charge in [-0.2, -0.15) is 10.4 Å². The molecular weight excluding hydrogens is 426 g/mol. The minimum Gasteiger partial charge on any atom is -0.492 e. The maximum Gasteiger partial charge on any atom is 0.270 e. The molecule has 0 atom stereocenters. The Morgan fingerprint density at radius 2 is 2.03 bits per heavy atom. The average Bonchev–Trinajstić information content (AvgIpc) is 2.80. The Morgan fingerprint density at radius 3 is 2.75 bits per heavy atom. The van der Waals surface area contributed by atoms with Crippen molar-refractivity contribution in [3.05, 3.63) is 75.0 Å². The summed E-state index contributed by atoms with van der Waals surface area (Å²) in [5, 5.41) is 14.0. The molecule has 0 unspecified atom stereocenters. The highest BCUT2D eigenvalue weighted by atomic mass is 35.5. The zero-order chi connectivity index (χ0) is 22.8. The van der Waals surface area contributed by atoms with Gasteiger partial charge in [-0.3, -0.25) is 9.78 Å². The lowest BCUT2D eigenvalue weighted by atomic mass is 10.1. The molecule has 0 aliphatic rings. The molecule has 164 valence electrons. The summed E-state index contributed by atoms with van der Waals surface area (Å²) >= 11 is 6.31. The van der Waals surface area contributed by atoms with Crippen LogP contribution in [0, 0.1) is 11.3 Å². The first kappa shape index (κ1) is 23.0. The van der Waals surface area contributed by atoms with Gasteiger partial charge in [0.1, 0.15) is 17.4 Å². The summed E-state index contributed by atoms with van der Waals surface area (Å²) in [6.07, 6.45) is 6.07. The first-order valence-electron chi connectivity index (χ1n) is 10.4. The van der Waals surface area contributed by atoms with Crippen LogP contribution in [0.2, 0.25) is 5.02 Å². The summed E-state index contributed by atoms with van der Waals surface area (Å²) in [6, 6.07) is 16.3. The molecule has 7 nitrogen and oxygen atoms in total. The van der Waals surface area contributed by atoms with E-state index in [4.69, 9.17) is 16.3 Å². The number of hydrogen-bond acceptors (Lipinski definition) is 6. The minimum absolute atomic E-state index is 0.0530. The molecule has 2 aromatic carbocycles. The third kappa shape index (κ3) is 6.19. The fraction of sp³-hybridized carbons (Fsp3) is 0.250. The van der Waals surface area contributed by atoms with E-state index in [9.17, 15) is 10.1 Å². The molecule has 0 saturated heterocycles. The van der Waals surface area contributed by atoms with E-state index in [0.29, 0.717) is 22.9 Å². The van der Waals surface area contributed by atoms with E-state index in [-0.39, 0.29) is 17.2 Å². The maximum absolute atomic E-state index is 12.3. The molecule has 8 heteroatoms. The molecule has 0 spiro atoms. The number of aromatic nitrogens is 2. The molecule has 0 fully saturated rings. The van der Waals surface area contributed by atoms with Crippen molar-refractivity contribution in [3.63, 3.8) is 0 Å². The van der Waals surface area contributed by atoms with Gasteiger partial charge in [-0.25, -0.2) is 10.4 Å². The van der Waals surface area contributed by atoms with Crippen LogP contribution >= 0.6 is 11.6 Å². The number of nitrogens with zero attached hydrogens (tertiary/aromatic N) is 3. The Bertz CT molecular complexity index is 1170. The van der Waals surface area contributed by atoms with Crippen LogP contribution in [0.4, 0.5) is 5.95 Å². The van der Waals surface area contributed by atoms with Crippen molar-refractivity contribution >= 4 is 23.8 Å². The van der Waals surface area contributed by atoms with Gasteiger partial charge < -0.3 is 4.74 Å². The number of benzene rings is 2. The monoisotopic (exact) mass is 449 g/mol. The van der Waals surface area contributed by atoms with Gasteiger partial charge in [0, 0.05) is 5.56 Å². The van der Waals surface area contributed by atoms with Gasteiger partial charge in [0.2, 0.25) is 5.95 Å². The third-order valence-electron chi connectivity index (χ3n) is 4.67. The standard InChI is InChI=1S/C24H24ClN5O2/c1-2-3-4-8-13-32-21-12-11-17(14-20(21)25)16-27-30-24-28-22(18-9-6-5-7-10-18)19(15-26)23(31)29-24/h5-7,9-12,14,16H,2-4,8,13H2,1H3,(H2,28,29,30,31). The number of anilines is 1. The number of halogens is 1. The van der Waals surface area contributed by atoms with E-state index in [1.165, 1.54) is 12.8 Å². The lowest BCUT2D eigenvalue weighted by molar-refractivity contribution is 0.305. The Labute approximate surface area is 191 Å². The van der Waals surface area contributed by atoms with E-state index in [0.717, 1.165) is 18.4 Å². The zero-order valence-electron chi connectivity index (χ0n) is 17.8. The molecule has 0 aliphatic heterocycles. The van der Waals surface area contributed by atoms with Gasteiger partial charge in [0.15, 0.2) is 0 Å². The van der Waals surface area contributed by atoms with Crippen molar-refractivity contribution in [2.75, 3.05) is 12.0 Å². The first-order valence-corrected chi connectivity index (χ1v) is 10.8. The second kappa shape index (κ2) is 11.7. The van der Waals surface area contributed by atoms with Gasteiger partial charge in [-0.15, -0.1) is 0 Å². The summed E-state index contributed by atoms with van der Waals surface area (Å²) in [7, 11) is 0. The fourth-order valence-corrected chi connectivity index (χ4v) is 3.27. The average molecular weight is 450 g/mol. The van der Waals surface area contributed by atoms with Crippen LogP contribution < -0.4 is 15.7 Å². The Morgan fingerprint density at radius 1 is 1.22 bits per heavy atom. The van der Waals surface area contributed by atoms with Crippen LogP contribution in [0.3, 0.4) is 0 Å². The van der Waals surface area contributed by atoms with Crippen molar-refractivity contribution < 1.29 is 4.74 Å². The highest BCUT2D eigenvalue weighted by molar-refractivity contribution is 6.32. The third-order valence-corrected chi connectivity index (χ3v) is 4.97. The smallest absolute Gasteiger partial charge is 0.270 e. The molecule has 1 aromatic heterocycles. The molecule has 2 N–H and O–H groups in total. The van der Waals surface area contributed by atoms with Crippen molar-refractivity contribution in [2.24, 2.45) is 5.10 Å². The number of hydrogen-bond donors (Lipinski definition) is 2. The van der Waals surface area contributed by atoms with Crippen molar-refractivity contribution in [1.29, 1.82) is 5.26 Å². The first-order chi connectivity index (χ1) is 15.6. The van der Waals surface area contributed by atoms with Crippen molar-refractivity contribution in [1.82, 2.24) is 9.97 Å². The molecular formula is C24H24ClN5O2. The summed E-state index contributed by atoms with van der Waals surface area (Å²) in [5.74, 6) is 0.765. The second-order valence-corrected chi connectivity index (χ2v) is 7.49. The number of unbranched alkanes of at least 4 members (excludes halogenated alkanes) is 3. The van der Waals surface area contributed by atoms with Gasteiger partial charge in [-0.05, 0) is 30.2 Å². The van der Waals surface area contributed by atoms with Crippen LogP contribution in [0.1, 0.15) is 43.7 Å². The molecule has 0 bridgehead atoms. The normalized spacial score (nSPS) is 10.8. The Kier molecular flexibility index (Phi) is 8.41. The number of nitrogens with one attached hydrogen (secondary N) is 2. The quantitative estimate of drug-likeness (QED) is 0.246. The van der Waals surface area contributed by atoms with Gasteiger partial charge >= 0.3 is 0 Å². The summed E-state index contributed by atoms with van der Waals surface area (Å²) in [5.41, 5.74) is 3.82. The lowest BCUT2D eigenvalue weighted by Crippen LogP contribution is -2.16. The highest BCUT2D eigenvalue weighted by Crippen LogP contribution is 2.25. The highest BCUT2D eigenvalue weighted by Gasteiger charge is 2.12. The van der Waals surface area contributed by atoms with E-state index in [2.05, 4.69) is 27.4 Å². The van der Waals surface area contributed by atoms with Crippen molar-refractivity contribution in [3.8, 4) is 23.1 Å². The second-order valence-electron chi connectivity index (χ2n) is 7.08. The number of hydrazone groups is 1. The van der Waals surface area contributed by atoms with Crippen LogP contribution in [-0.4, -0.2) is 22.8 Å². The minimum atomic E-state index is -0.539. The predicted octanol–water partition coefficient (Wildman–Crippen LogP) is 5.37. The number of rotatable bonds is 10. The molecule has 0 radical (unpaired) electrons. The number of ether oxygens (including phenoxy) is 1. The fourth-order valence-electron chi connectivity index (χ4n) is 3.03. The maximum atomic E-state index is 12.3. The Balaban J connectivity index is 1.68. The topological polar surface area (TPSA) is 103 Å². The van der Waals surface area contributed by atoms with E-state index in [1.54, 1.807) is 30.5 Å². The van der Waals surface area contributed by atoms with Crippen LogP contribution in [0.15, 0.2) is 58.4 Å². The molecule has 0 saturated carbocycles. The Hall–Kier alpha value is -3.63. The summed E-state index contributed by atoms with van der Waals surface area (Å²) in [4.78, 5) is 19.1. The predicted molar refractivity (Wildman–Crippen MR) is 127 cm³/mol. The summed E-state index contributed by atoms with van der Waals surface area (Å²) < 4.78 is 5.73. The summed E-state index contributed by atoms with van der Waals surface area (Å²) in [6.45, 7) is 2.81. The molecule has 0 aliphatic carbocycles. The van der Waals surface area contributed by atoms with Crippen LogP contribution in [0.5, 0.6) is 5.75 Å². The zero-order valence-corrected chi connectivity index (χ0v) is 18.5.